The maximum atomic E-state index is 5.65. The van der Waals surface area contributed by atoms with Crippen LogP contribution >= 0.6 is 24.0 Å². The first kappa shape index (κ1) is 17.9. The van der Waals surface area contributed by atoms with E-state index in [1.165, 1.54) is 19.5 Å². The number of hydrogen-bond donors (Lipinski definition) is 1. The predicted octanol–water partition coefficient (Wildman–Crippen LogP) is 0.233. The fraction of sp³-hybridized carbons (Fsp3) is 0.923. The third-order valence-corrected chi connectivity index (χ3v) is 3.66. The molecular weight excluding hydrogens is 371 g/mol. The molecule has 0 radical (unpaired) electrons. The molecule has 1 unspecified atom stereocenters. The van der Waals surface area contributed by atoms with Crippen LogP contribution in [-0.2, 0) is 9.47 Å². The summed E-state index contributed by atoms with van der Waals surface area (Å²) in [6.07, 6.45) is 1.49. The van der Waals surface area contributed by atoms with Crippen LogP contribution in [0.4, 0.5) is 0 Å². The number of nitrogens with zero attached hydrogens (tertiary/aromatic N) is 3. The maximum absolute atomic E-state index is 5.65. The van der Waals surface area contributed by atoms with Gasteiger partial charge in [0.1, 0.15) is 0 Å². The molecule has 0 spiro atoms. The molecule has 20 heavy (non-hydrogen) atoms. The third-order valence-electron chi connectivity index (χ3n) is 3.66. The highest BCUT2D eigenvalue weighted by Crippen LogP contribution is 2.06. The highest BCUT2D eigenvalue weighted by Gasteiger charge is 2.22. The lowest BCUT2D eigenvalue weighted by molar-refractivity contribution is -0.0447. The highest BCUT2D eigenvalue weighted by atomic mass is 127. The van der Waals surface area contributed by atoms with E-state index in [-0.39, 0.29) is 30.1 Å². The van der Waals surface area contributed by atoms with Gasteiger partial charge < -0.3 is 24.6 Å². The SMILES string of the molecule is CN=C(NCCN1CCC1)N1CCOC(COC)C1.I. The van der Waals surface area contributed by atoms with E-state index < -0.39 is 0 Å². The average molecular weight is 398 g/mol. The Labute approximate surface area is 138 Å². The Morgan fingerprint density at radius 2 is 2.20 bits per heavy atom. The molecule has 2 rings (SSSR count). The molecule has 0 aromatic heterocycles. The first-order valence-corrected chi connectivity index (χ1v) is 7.12. The molecule has 0 aromatic carbocycles. The first-order chi connectivity index (χ1) is 9.33. The standard InChI is InChI=1S/C13H26N4O2.HI/c1-14-13(15-4-7-16-5-3-6-16)17-8-9-19-12(10-17)11-18-2;/h12H,3-11H2,1-2H3,(H,14,15);1H. The van der Waals surface area contributed by atoms with Crippen LogP contribution in [-0.4, -0.2) is 88.5 Å². The van der Waals surface area contributed by atoms with Crippen molar-refractivity contribution in [3.8, 4) is 0 Å². The molecule has 1 atom stereocenters. The van der Waals surface area contributed by atoms with Crippen LogP contribution in [0.25, 0.3) is 0 Å². The highest BCUT2D eigenvalue weighted by molar-refractivity contribution is 14.0. The second-order valence-electron chi connectivity index (χ2n) is 5.06. The molecule has 118 valence electrons. The molecule has 7 heteroatoms. The Morgan fingerprint density at radius 1 is 1.40 bits per heavy atom. The number of nitrogens with one attached hydrogen (secondary N) is 1. The summed E-state index contributed by atoms with van der Waals surface area (Å²) in [6.45, 7) is 7.66. The zero-order valence-electron chi connectivity index (χ0n) is 12.5. The smallest absolute Gasteiger partial charge is 0.193 e. The van der Waals surface area contributed by atoms with E-state index in [2.05, 4.69) is 20.1 Å². The molecule has 6 nitrogen and oxygen atoms in total. The summed E-state index contributed by atoms with van der Waals surface area (Å²) in [6, 6.07) is 0. The second kappa shape index (κ2) is 9.75. The lowest BCUT2D eigenvalue weighted by atomic mass is 10.2. The molecule has 2 aliphatic rings. The van der Waals surface area contributed by atoms with Crippen LogP contribution < -0.4 is 5.32 Å². The molecule has 0 saturated carbocycles. The van der Waals surface area contributed by atoms with Gasteiger partial charge in [0.15, 0.2) is 5.96 Å². The number of rotatable bonds is 5. The van der Waals surface area contributed by atoms with Gasteiger partial charge in [0, 0.05) is 40.3 Å². The van der Waals surface area contributed by atoms with E-state index in [1.54, 1.807) is 7.11 Å². The van der Waals surface area contributed by atoms with E-state index in [9.17, 15) is 0 Å². The summed E-state index contributed by atoms with van der Waals surface area (Å²) in [5, 5.41) is 3.44. The Hall–Kier alpha value is -0.120. The van der Waals surface area contributed by atoms with Gasteiger partial charge in [0.25, 0.3) is 0 Å². The number of guanidine groups is 1. The van der Waals surface area contributed by atoms with Crippen molar-refractivity contribution in [2.24, 2.45) is 4.99 Å². The molecule has 2 aliphatic heterocycles. The van der Waals surface area contributed by atoms with Crippen LogP contribution in [0.15, 0.2) is 4.99 Å². The Bertz CT molecular complexity index is 298. The second-order valence-corrected chi connectivity index (χ2v) is 5.06. The van der Waals surface area contributed by atoms with Gasteiger partial charge in [-0.1, -0.05) is 0 Å². The molecule has 1 N–H and O–H groups in total. The minimum absolute atomic E-state index is 0. The van der Waals surface area contributed by atoms with E-state index in [1.807, 2.05) is 7.05 Å². The normalized spacial score (nSPS) is 24.0. The number of ether oxygens (including phenoxy) is 2. The number of likely N-dealkylation sites (tertiary alicyclic amines) is 1. The summed E-state index contributed by atoms with van der Waals surface area (Å²) in [5.74, 6) is 0.977. The summed E-state index contributed by atoms with van der Waals surface area (Å²) in [4.78, 5) is 9.07. The average Bonchev–Trinajstić information content (AvgIpc) is 2.37. The van der Waals surface area contributed by atoms with Gasteiger partial charge in [-0.3, -0.25) is 4.99 Å². The fourth-order valence-electron chi connectivity index (χ4n) is 2.46. The van der Waals surface area contributed by atoms with Crippen molar-refractivity contribution in [2.75, 3.05) is 66.6 Å². The topological polar surface area (TPSA) is 49.3 Å². The molecule has 2 saturated heterocycles. The van der Waals surface area contributed by atoms with Gasteiger partial charge in [-0.2, -0.15) is 0 Å². The van der Waals surface area contributed by atoms with Gasteiger partial charge in [0.2, 0.25) is 0 Å². The van der Waals surface area contributed by atoms with Crippen LogP contribution in [0.5, 0.6) is 0 Å². The van der Waals surface area contributed by atoms with E-state index in [4.69, 9.17) is 9.47 Å². The quantitative estimate of drug-likeness (QED) is 0.409. The Balaban J connectivity index is 0.00000200. The van der Waals surface area contributed by atoms with E-state index >= 15 is 0 Å². The monoisotopic (exact) mass is 398 g/mol. The molecule has 0 amide bonds. The third kappa shape index (κ3) is 5.34. The molecule has 0 aliphatic carbocycles. The molecule has 0 bridgehead atoms. The molecular formula is C13H27IN4O2. The zero-order chi connectivity index (χ0) is 13.5. The van der Waals surface area contributed by atoms with E-state index in [0.717, 1.165) is 38.7 Å². The lowest BCUT2D eigenvalue weighted by Crippen LogP contribution is -2.52. The van der Waals surface area contributed by atoms with Crippen LogP contribution in [0, 0.1) is 0 Å². The van der Waals surface area contributed by atoms with Crippen molar-refractivity contribution >= 4 is 29.9 Å². The maximum Gasteiger partial charge on any atom is 0.193 e. The van der Waals surface area contributed by atoms with E-state index in [0.29, 0.717) is 6.61 Å². The number of halogens is 1. The number of hydrogen-bond acceptors (Lipinski definition) is 4. The van der Waals surface area contributed by atoms with Gasteiger partial charge in [-0.25, -0.2) is 0 Å². The van der Waals surface area contributed by atoms with Gasteiger partial charge in [-0.15, -0.1) is 24.0 Å². The van der Waals surface area contributed by atoms with Crippen LogP contribution in [0.1, 0.15) is 6.42 Å². The summed E-state index contributed by atoms with van der Waals surface area (Å²) < 4.78 is 10.8. The molecule has 2 heterocycles. The van der Waals surface area contributed by atoms with Gasteiger partial charge in [-0.05, 0) is 19.5 Å². The minimum Gasteiger partial charge on any atom is -0.382 e. The number of aliphatic imine (C=N–C) groups is 1. The fourth-order valence-corrected chi connectivity index (χ4v) is 2.46. The molecule has 0 aromatic rings. The minimum atomic E-state index is 0. The summed E-state index contributed by atoms with van der Waals surface area (Å²) in [7, 11) is 3.55. The number of morpholine rings is 1. The lowest BCUT2D eigenvalue weighted by Gasteiger charge is -2.35. The van der Waals surface area contributed by atoms with Crippen molar-refractivity contribution in [3.05, 3.63) is 0 Å². The van der Waals surface area contributed by atoms with Crippen molar-refractivity contribution in [1.82, 2.24) is 15.1 Å². The van der Waals surface area contributed by atoms with Crippen molar-refractivity contribution in [1.29, 1.82) is 0 Å². The van der Waals surface area contributed by atoms with Crippen molar-refractivity contribution < 1.29 is 9.47 Å². The Kier molecular flexibility index (Phi) is 8.74. The molecule has 2 fully saturated rings. The summed E-state index contributed by atoms with van der Waals surface area (Å²) in [5.41, 5.74) is 0. The van der Waals surface area contributed by atoms with Crippen molar-refractivity contribution in [3.63, 3.8) is 0 Å². The Morgan fingerprint density at radius 3 is 2.80 bits per heavy atom. The largest absolute Gasteiger partial charge is 0.382 e. The first-order valence-electron chi connectivity index (χ1n) is 7.12. The van der Waals surface area contributed by atoms with Crippen molar-refractivity contribution in [2.45, 2.75) is 12.5 Å². The number of methoxy groups -OCH3 is 1. The predicted molar refractivity (Wildman–Crippen MR) is 91.0 cm³/mol. The summed E-state index contributed by atoms with van der Waals surface area (Å²) >= 11 is 0. The van der Waals surface area contributed by atoms with Gasteiger partial charge >= 0.3 is 0 Å². The van der Waals surface area contributed by atoms with Gasteiger partial charge in [0.05, 0.1) is 19.3 Å². The van der Waals surface area contributed by atoms with Crippen LogP contribution in [0.2, 0.25) is 0 Å². The van der Waals surface area contributed by atoms with Crippen LogP contribution in [0.3, 0.4) is 0 Å². The zero-order valence-corrected chi connectivity index (χ0v) is 14.8.